The molecule has 3 aromatic rings. The maximum absolute atomic E-state index is 10.3. The van der Waals surface area contributed by atoms with Gasteiger partial charge >= 0.3 is 0 Å². The van der Waals surface area contributed by atoms with Crippen LogP contribution in [-0.2, 0) is 12.5 Å². The molecule has 1 atom stereocenters. The van der Waals surface area contributed by atoms with Crippen molar-refractivity contribution in [3.63, 3.8) is 0 Å². The van der Waals surface area contributed by atoms with Gasteiger partial charge in [0.25, 0.3) is 0 Å². The lowest BCUT2D eigenvalue weighted by Gasteiger charge is -2.19. The fourth-order valence-electron chi connectivity index (χ4n) is 2.89. The van der Waals surface area contributed by atoms with E-state index in [0.29, 0.717) is 5.75 Å². The summed E-state index contributed by atoms with van der Waals surface area (Å²) in [5.41, 5.74) is 2.32. The molecule has 0 aliphatic carbocycles. The van der Waals surface area contributed by atoms with E-state index in [1.807, 2.05) is 48.0 Å². The Morgan fingerprint density at radius 1 is 1.00 bits per heavy atom. The first-order valence-electron chi connectivity index (χ1n) is 9.86. The number of thioether (sulfide) groups is 1. The summed E-state index contributed by atoms with van der Waals surface area (Å²) in [5, 5.41) is 19.6. The molecule has 0 fully saturated rings. The van der Waals surface area contributed by atoms with Crippen LogP contribution in [0.4, 0.5) is 0 Å². The minimum atomic E-state index is -0.613. The molecule has 6 nitrogen and oxygen atoms in total. The van der Waals surface area contributed by atoms with Crippen LogP contribution in [0.3, 0.4) is 0 Å². The molecular formula is C23H29N3O3S. The quantitative estimate of drug-likeness (QED) is 0.540. The van der Waals surface area contributed by atoms with Crippen molar-refractivity contribution in [3.8, 4) is 22.9 Å². The normalized spacial score (nSPS) is 12.6. The molecule has 0 saturated carbocycles. The van der Waals surface area contributed by atoms with E-state index in [2.05, 4.69) is 43.1 Å². The van der Waals surface area contributed by atoms with Gasteiger partial charge in [-0.25, -0.2) is 0 Å². The lowest BCUT2D eigenvalue weighted by atomic mass is 9.87. The summed E-state index contributed by atoms with van der Waals surface area (Å²) in [6.07, 6.45) is -0.613. The van der Waals surface area contributed by atoms with E-state index in [1.165, 1.54) is 17.3 Å². The van der Waals surface area contributed by atoms with E-state index in [0.717, 1.165) is 28.0 Å². The van der Waals surface area contributed by atoms with Gasteiger partial charge in [-0.05, 0) is 47.4 Å². The van der Waals surface area contributed by atoms with Crippen molar-refractivity contribution < 1.29 is 14.6 Å². The van der Waals surface area contributed by atoms with Gasteiger partial charge in [-0.15, -0.1) is 10.2 Å². The average Bonchev–Trinajstić information content (AvgIpc) is 3.10. The second kappa shape index (κ2) is 9.53. The molecule has 0 aliphatic rings. The van der Waals surface area contributed by atoms with Crippen molar-refractivity contribution >= 4 is 11.8 Å². The van der Waals surface area contributed by atoms with Crippen LogP contribution in [0.25, 0.3) is 11.4 Å². The van der Waals surface area contributed by atoms with Crippen LogP contribution in [-0.4, -0.2) is 45.4 Å². The zero-order valence-corrected chi connectivity index (χ0v) is 18.9. The van der Waals surface area contributed by atoms with Crippen molar-refractivity contribution in [1.82, 2.24) is 14.8 Å². The average molecular weight is 428 g/mol. The molecule has 7 heteroatoms. The maximum atomic E-state index is 10.3. The first-order chi connectivity index (χ1) is 14.3. The van der Waals surface area contributed by atoms with Crippen LogP contribution in [0.2, 0.25) is 0 Å². The number of ether oxygens (including phenoxy) is 2. The second-order valence-corrected chi connectivity index (χ2v) is 9.13. The Labute approximate surface area is 182 Å². The molecule has 0 unspecified atom stereocenters. The molecule has 2 aromatic carbocycles. The highest BCUT2D eigenvalue weighted by Crippen LogP contribution is 2.26. The summed E-state index contributed by atoms with van der Waals surface area (Å²) in [5.74, 6) is 2.79. The standard InChI is InChI=1S/C23H29N3O3S/c1-23(2,3)17-8-12-20(13-9-17)29-14-18(27)15-30-22-25-24-21(26(22)4)16-6-10-19(28-5)11-7-16/h6-13,18,27H,14-15H2,1-5H3/t18-/m1/s1. The molecule has 0 saturated heterocycles. The van der Waals surface area contributed by atoms with E-state index in [-0.39, 0.29) is 12.0 Å². The monoisotopic (exact) mass is 427 g/mol. The molecule has 160 valence electrons. The first kappa shape index (κ1) is 22.2. The fraction of sp³-hybridized carbons (Fsp3) is 0.391. The van der Waals surface area contributed by atoms with Gasteiger partial charge in [-0.1, -0.05) is 44.7 Å². The molecule has 0 radical (unpaired) electrons. The highest BCUT2D eigenvalue weighted by molar-refractivity contribution is 7.99. The molecule has 0 amide bonds. The number of hydrogen-bond donors (Lipinski definition) is 1. The number of nitrogens with zero attached hydrogens (tertiary/aromatic N) is 3. The highest BCUT2D eigenvalue weighted by Gasteiger charge is 2.15. The second-order valence-electron chi connectivity index (χ2n) is 8.14. The van der Waals surface area contributed by atoms with Crippen LogP contribution in [0.15, 0.2) is 53.7 Å². The molecule has 1 aromatic heterocycles. The molecule has 0 spiro atoms. The smallest absolute Gasteiger partial charge is 0.191 e. The van der Waals surface area contributed by atoms with E-state index >= 15 is 0 Å². The Balaban J connectivity index is 1.52. The van der Waals surface area contributed by atoms with Gasteiger partial charge in [0.1, 0.15) is 18.1 Å². The third-order valence-corrected chi connectivity index (χ3v) is 5.92. The van der Waals surface area contributed by atoms with Crippen molar-refractivity contribution in [2.24, 2.45) is 7.05 Å². The summed E-state index contributed by atoms with van der Waals surface area (Å²) in [7, 11) is 3.56. The predicted octanol–water partition coefficient (Wildman–Crippen LogP) is 4.32. The number of rotatable bonds is 8. The van der Waals surface area contributed by atoms with Crippen LogP contribution in [0, 0.1) is 0 Å². The van der Waals surface area contributed by atoms with E-state index in [4.69, 9.17) is 9.47 Å². The van der Waals surface area contributed by atoms with E-state index < -0.39 is 6.10 Å². The zero-order valence-electron chi connectivity index (χ0n) is 18.1. The summed E-state index contributed by atoms with van der Waals surface area (Å²) < 4.78 is 12.8. The Bertz CT molecular complexity index is 947. The number of aromatic nitrogens is 3. The number of methoxy groups -OCH3 is 1. The lowest BCUT2D eigenvalue weighted by Crippen LogP contribution is -2.20. The van der Waals surface area contributed by atoms with E-state index in [1.54, 1.807) is 7.11 Å². The van der Waals surface area contributed by atoms with Gasteiger partial charge in [0.2, 0.25) is 0 Å². The summed E-state index contributed by atoms with van der Waals surface area (Å²) >= 11 is 1.45. The summed E-state index contributed by atoms with van der Waals surface area (Å²) in [4.78, 5) is 0. The van der Waals surface area contributed by atoms with Gasteiger partial charge in [-0.3, -0.25) is 0 Å². The Hall–Kier alpha value is -2.51. The third kappa shape index (κ3) is 5.55. The number of hydrogen-bond acceptors (Lipinski definition) is 6. The van der Waals surface area contributed by atoms with Crippen LogP contribution >= 0.6 is 11.8 Å². The van der Waals surface area contributed by atoms with Gasteiger partial charge in [0.15, 0.2) is 11.0 Å². The number of benzene rings is 2. The first-order valence-corrected chi connectivity index (χ1v) is 10.8. The van der Waals surface area contributed by atoms with Crippen molar-refractivity contribution in [1.29, 1.82) is 0 Å². The topological polar surface area (TPSA) is 69.4 Å². The molecule has 30 heavy (non-hydrogen) atoms. The minimum absolute atomic E-state index is 0.107. The van der Waals surface area contributed by atoms with Gasteiger partial charge < -0.3 is 19.1 Å². The SMILES string of the molecule is COc1ccc(-c2nnc(SC[C@H](O)COc3ccc(C(C)(C)C)cc3)n2C)cc1. The fourth-order valence-corrected chi connectivity index (χ4v) is 3.71. The third-order valence-electron chi connectivity index (χ3n) is 4.75. The van der Waals surface area contributed by atoms with Crippen molar-refractivity contribution in [3.05, 3.63) is 54.1 Å². The van der Waals surface area contributed by atoms with Crippen molar-refractivity contribution in [2.45, 2.75) is 37.4 Å². The maximum Gasteiger partial charge on any atom is 0.191 e. The van der Waals surface area contributed by atoms with Crippen molar-refractivity contribution in [2.75, 3.05) is 19.5 Å². The Morgan fingerprint density at radius 2 is 1.63 bits per heavy atom. The largest absolute Gasteiger partial charge is 0.497 e. The van der Waals surface area contributed by atoms with E-state index in [9.17, 15) is 5.11 Å². The Morgan fingerprint density at radius 3 is 2.23 bits per heavy atom. The molecule has 0 aliphatic heterocycles. The highest BCUT2D eigenvalue weighted by atomic mass is 32.2. The van der Waals surface area contributed by atoms with Gasteiger partial charge in [0, 0.05) is 18.4 Å². The van der Waals surface area contributed by atoms with Crippen LogP contribution in [0.1, 0.15) is 26.3 Å². The van der Waals surface area contributed by atoms with Crippen LogP contribution < -0.4 is 9.47 Å². The molecule has 0 bridgehead atoms. The van der Waals surface area contributed by atoms with Gasteiger partial charge in [0.05, 0.1) is 13.2 Å². The summed E-state index contributed by atoms with van der Waals surface area (Å²) in [6.45, 7) is 6.76. The molecule has 1 N–H and O–H groups in total. The predicted molar refractivity (Wildman–Crippen MR) is 120 cm³/mol. The molecule has 3 rings (SSSR count). The minimum Gasteiger partial charge on any atom is -0.497 e. The zero-order chi connectivity index (χ0) is 21.7. The van der Waals surface area contributed by atoms with Crippen LogP contribution in [0.5, 0.6) is 11.5 Å². The molecule has 1 heterocycles. The number of aliphatic hydroxyl groups excluding tert-OH is 1. The lowest BCUT2D eigenvalue weighted by molar-refractivity contribution is 0.126. The Kier molecular flexibility index (Phi) is 7.05. The summed E-state index contributed by atoms with van der Waals surface area (Å²) in [6, 6.07) is 15.7. The van der Waals surface area contributed by atoms with Gasteiger partial charge in [-0.2, -0.15) is 0 Å². The number of aliphatic hydroxyl groups is 1. The molecular weight excluding hydrogens is 398 g/mol.